The van der Waals surface area contributed by atoms with E-state index >= 15 is 0 Å². The summed E-state index contributed by atoms with van der Waals surface area (Å²) in [6.07, 6.45) is 0. The molecule has 0 saturated heterocycles. The summed E-state index contributed by atoms with van der Waals surface area (Å²) in [4.78, 5) is 4.43. The van der Waals surface area contributed by atoms with E-state index in [2.05, 4.69) is 11.9 Å². The number of fused-ring (bicyclic) bond motifs is 1. The van der Waals surface area contributed by atoms with Crippen LogP contribution in [0.1, 0.15) is 6.92 Å². The largest absolute Gasteiger partial charge is 0.396 e. The van der Waals surface area contributed by atoms with Gasteiger partial charge in [-0.1, -0.05) is 30.3 Å². The van der Waals surface area contributed by atoms with Crippen LogP contribution in [0.5, 0.6) is 0 Å². The molecule has 0 amide bonds. The Bertz CT molecular complexity index is 467. The molecule has 2 nitrogen and oxygen atoms in total. The molecule has 0 fully saturated rings. The molecular weight excluding hydrogens is 236 g/mol. The molecule has 0 spiro atoms. The molecule has 0 radical (unpaired) electrons. The molecule has 0 aliphatic rings. The van der Waals surface area contributed by atoms with Crippen molar-refractivity contribution < 1.29 is 0 Å². The maximum Gasteiger partial charge on any atom is 0.151 e. The Labute approximate surface area is 95.5 Å². The van der Waals surface area contributed by atoms with Gasteiger partial charge in [0.2, 0.25) is 0 Å². The Morgan fingerprint density at radius 2 is 2.36 bits per heavy atom. The molecule has 5 heteroatoms. The molecule has 14 heavy (non-hydrogen) atoms. The third-order valence-corrected chi connectivity index (χ3v) is 4.17. The number of nitrogen functional groups attached to an aromatic ring is 1. The van der Waals surface area contributed by atoms with Crippen molar-refractivity contribution in [3.05, 3.63) is 17.2 Å². The zero-order valence-corrected chi connectivity index (χ0v) is 9.97. The predicted octanol–water partition coefficient (Wildman–Crippen LogP) is 3.64. The lowest BCUT2D eigenvalue weighted by atomic mass is 10.3. The maximum atomic E-state index is 5.91. The lowest BCUT2D eigenvalue weighted by Gasteiger charge is -1.96. The lowest BCUT2D eigenvalue weighted by Crippen LogP contribution is -1.87. The molecule has 1 heterocycles. The number of aromatic nitrogens is 1. The molecule has 0 aliphatic heterocycles. The number of halogens is 1. The number of thioether (sulfide) groups is 1. The van der Waals surface area contributed by atoms with Gasteiger partial charge in [-0.05, 0) is 17.9 Å². The molecule has 2 aromatic rings. The van der Waals surface area contributed by atoms with Crippen molar-refractivity contribution in [1.29, 1.82) is 0 Å². The zero-order valence-electron chi connectivity index (χ0n) is 7.58. The second-order valence-corrected chi connectivity index (χ2v) is 5.67. The van der Waals surface area contributed by atoms with E-state index < -0.39 is 0 Å². The van der Waals surface area contributed by atoms with Crippen LogP contribution in [0.2, 0.25) is 5.02 Å². The van der Waals surface area contributed by atoms with Crippen LogP contribution < -0.4 is 5.73 Å². The average molecular weight is 245 g/mol. The van der Waals surface area contributed by atoms with Crippen LogP contribution in [0.15, 0.2) is 16.5 Å². The van der Waals surface area contributed by atoms with Crippen molar-refractivity contribution in [1.82, 2.24) is 4.98 Å². The fourth-order valence-electron chi connectivity index (χ4n) is 1.15. The number of nitrogens with zero attached hydrogens (tertiary/aromatic N) is 1. The van der Waals surface area contributed by atoms with E-state index in [1.807, 2.05) is 12.1 Å². The van der Waals surface area contributed by atoms with Gasteiger partial charge in [0.25, 0.3) is 0 Å². The molecule has 74 valence electrons. The van der Waals surface area contributed by atoms with Crippen molar-refractivity contribution in [3.8, 4) is 0 Å². The minimum atomic E-state index is 0.579. The molecule has 0 unspecified atom stereocenters. The highest BCUT2D eigenvalue weighted by atomic mass is 35.5. The van der Waals surface area contributed by atoms with E-state index in [4.69, 9.17) is 17.3 Å². The van der Waals surface area contributed by atoms with Crippen LogP contribution in [0.3, 0.4) is 0 Å². The van der Waals surface area contributed by atoms with Crippen molar-refractivity contribution in [2.45, 2.75) is 11.3 Å². The predicted molar refractivity (Wildman–Crippen MR) is 65.4 cm³/mol. The average Bonchev–Trinajstić information content (AvgIpc) is 2.56. The van der Waals surface area contributed by atoms with E-state index in [-0.39, 0.29) is 0 Å². The van der Waals surface area contributed by atoms with Gasteiger partial charge in [0.05, 0.1) is 15.4 Å². The second kappa shape index (κ2) is 3.96. The van der Waals surface area contributed by atoms with E-state index in [9.17, 15) is 0 Å². The number of nitrogens with two attached hydrogens (primary N) is 1. The third kappa shape index (κ3) is 1.69. The van der Waals surface area contributed by atoms with E-state index in [1.54, 1.807) is 23.1 Å². The Balaban J connectivity index is 2.59. The molecule has 1 aromatic heterocycles. The quantitative estimate of drug-likeness (QED) is 0.648. The monoisotopic (exact) mass is 244 g/mol. The third-order valence-electron chi connectivity index (χ3n) is 1.80. The number of hydrogen-bond acceptors (Lipinski definition) is 4. The normalized spacial score (nSPS) is 11.0. The summed E-state index contributed by atoms with van der Waals surface area (Å²) in [5, 5.41) is 0.579. The molecular formula is C9H9ClN2S2. The molecule has 0 saturated carbocycles. The number of benzene rings is 1. The van der Waals surface area contributed by atoms with Crippen LogP contribution >= 0.6 is 34.7 Å². The number of hydrogen-bond donors (Lipinski definition) is 1. The maximum absolute atomic E-state index is 5.91. The second-order valence-electron chi connectivity index (χ2n) is 2.72. The molecule has 2 rings (SSSR count). The minimum absolute atomic E-state index is 0.579. The first-order valence-electron chi connectivity index (χ1n) is 4.19. The van der Waals surface area contributed by atoms with Crippen molar-refractivity contribution in [3.63, 3.8) is 0 Å². The molecule has 0 bridgehead atoms. The molecule has 0 atom stereocenters. The number of rotatable bonds is 2. The number of thiazole rings is 1. The SMILES string of the molecule is CCSc1nc2c(N)c(Cl)ccc2s1. The molecule has 2 N–H and O–H groups in total. The zero-order chi connectivity index (χ0) is 10.1. The van der Waals surface area contributed by atoms with E-state index in [0.717, 1.165) is 20.3 Å². The van der Waals surface area contributed by atoms with Crippen molar-refractivity contribution in [2.24, 2.45) is 0 Å². The lowest BCUT2D eigenvalue weighted by molar-refractivity contribution is 1.30. The summed E-state index contributed by atoms with van der Waals surface area (Å²) in [6.45, 7) is 2.10. The molecule has 0 aliphatic carbocycles. The van der Waals surface area contributed by atoms with Gasteiger partial charge in [-0.2, -0.15) is 0 Å². The Hall–Kier alpha value is -0.450. The standard InChI is InChI=1S/C9H9ClN2S2/c1-2-13-9-12-8-6(14-9)4-3-5(10)7(8)11/h3-4H,2,11H2,1H3. The summed E-state index contributed by atoms with van der Waals surface area (Å²) >= 11 is 9.29. The van der Waals surface area contributed by atoms with Gasteiger partial charge in [-0.3, -0.25) is 0 Å². The van der Waals surface area contributed by atoms with Gasteiger partial charge in [0.15, 0.2) is 4.34 Å². The topological polar surface area (TPSA) is 38.9 Å². The summed E-state index contributed by atoms with van der Waals surface area (Å²) in [6, 6.07) is 3.78. The van der Waals surface area contributed by atoms with Gasteiger partial charge >= 0.3 is 0 Å². The first-order valence-corrected chi connectivity index (χ1v) is 6.37. The van der Waals surface area contributed by atoms with Gasteiger partial charge in [-0.15, -0.1) is 11.3 Å². The smallest absolute Gasteiger partial charge is 0.151 e. The van der Waals surface area contributed by atoms with Crippen LogP contribution in [0, 0.1) is 0 Å². The minimum Gasteiger partial charge on any atom is -0.396 e. The first kappa shape index (κ1) is 10.1. The Kier molecular flexibility index (Phi) is 2.85. The van der Waals surface area contributed by atoms with Crippen LogP contribution in [-0.4, -0.2) is 10.7 Å². The molecule has 1 aromatic carbocycles. The summed E-state index contributed by atoms with van der Waals surface area (Å²) in [5.74, 6) is 1.02. The summed E-state index contributed by atoms with van der Waals surface area (Å²) in [7, 11) is 0. The van der Waals surface area contributed by atoms with Gasteiger partial charge < -0.3 is 5.73 Å². The summed E-state index contributed by atoms with van der Waals surface area (Å²) < 4.78 is 2.15. The highest BCUT2D eigenvalue weighted by Gasteiger charge is 2.08. The fourth-order valence-corrected chi connectivity index (χ4v) is 3.28. The highest BCUT2D eigenvalue weighted by Crippen LogP contribution is 2.35. The van der Waals surface area contributed by atoms with Gasteiger partial charge in [-0.25, -0.2) is 4.98 Å². The van der Waals surface area contributed by atoms with Crippen LogP contribution in [0.25, 0.3) is 10.2 Å². The first-order chi connectivity index (χ1) is 6.72. The highest BCUT2D eigenvalue weighted by molar-refractivity contribution is 8.01. The fraction of sp³-hybridized carbons (Fsp3) is 0.222. The van der Waals surface area contributed by atoms with E-state index in [1.165, 1.54) is 0 Å². The number of anilines is 1. The van der Waals surface area contributed by atoms with Crippen molar-refractivity contribution in [2.75, 3.05) is 11.5 Å². The van der Waals surface area contributed by atoms with E-state index in [0.29, 0.717) is 10.7 Å². The summed E-state index contributed by atoms with van der Waals surface area (Å²) in [5.41, 5.74) is 7.25. The van der Waals surface area contributed by atoms with Gasteiger partial charge in [0.1, 0.15) is 5.52 Å². The van der Waals surface area contributed by atoms with Crippen molar-refractivity contribution >= 4 is 50.6 Å². The Morgan fingerprint density at radius 3 is 3.07 bits per heavy atom. The van der Waals surface area contributed by atoms with Crippen LogP contribution in [-0.2, 0) is 0 Å². The van der Waals surface area contributed by atoms with Crippen LogP contribution in [0.4, 0.5) is 5.69 Å². The van der Waals surface area contributed by atoms with Gasteiger partial charge in [0, 0.05) is 0 Å². The Morgan fingerprint density at radius 1 is 1.57 bits per heavy atom.